The molecule has 1 N–H and O–H groups in total. The summed E-state index contributed by atoms with van der Waals surface area (Å²) in [6.07, 6.45) is 1.51. The standard InChI is InChI=1S/C24H30F3NO2/c1-15(2)17-6-10-21(11-7-17)28-13-12-19(16(3)23(29)30)14-22(28)18-4-8-20(9-5-18)24(25,26)27/h4,6-11,15-16,18-19,22H,5,12-14H2,1-3H3,(H,29,30)/t16?,18-,19+,22?/m1/s1. The van der Waals surface area contributed by atoms with E-state index in [1.165, 1.54) is 17.7 Å². The van der Waals surface area contributed by atoms with Crippen LogP contribution in [0.4, 0.5) is 18.9 Å². The van der Waals surface area contributed by atoms with Crippen LogP contribution >= 0.6 is 0 Å². The number of nitrogens with zero attached hydrogens (tertiary/aromatic N) is 1. The summed E-state index contributed by atoms with van der Waals surface area (Å²) < 4.78 is 39.1. The fourth-order valence-electron chi connectivity index (χ4n) is 4.59. The van der Waals surface area contributed by atoms with E-state index >= 15 is 0 Å². The second-order valence-corrected chi connectivity index (χ2v) is 8.83. The lowest BCUT2D eigenvalue weighted by molar-refractivity contribution is -0.143. The normalized spacial score (nSPS) is 25.9. The highest BCUT2D eigenvalue weighted by Gasteiger charge is 2.39. The molecule has 0 saturated carbocycles. The van der Waals surface area contributed by atoms with Crippen LogP contribution < -0.4 is 4.90 Å². The number of benzene rings is 1. The van der Waals surface area contributed by atoms with Gasteiger partial charge in [0.1, 0.15) is 0 Å². The van der Waals surface area contributed by atoms with Crippen LogP contribution in [0.3, 0.4) is 0 Å². The minimum Gasteiger partial charge on any atom is -0.481 e. The van der Waals surface area contributed by atoms with Crippen molar-refractivity contribution in [1.29, 1.82) is 0 Å². The molecule has 30 heavy (non-hydrogen) atoms. The molecule has 4 atom stereocenters. The van der Waals surface area contributed by atoms with Crippen LogP contribution in [-0.2, 0) is 4.79 Å². The van der Waals surface area contributed by atoms with Crippen molar-refractivity contribution in [3.8, 4) is 0 Å². The lowest BCUT2D eigenvalue weighted by Gasteiger charge is -2.45. The van der Waals surface area contributed by atoms with Gasteiger partial charge in [0.2, 0.25) is 0 Å². The molecule has 0 amide bonds. The van der Waals surface area contributed by atoms with Gasteiger partial charge in [0.05, 0.1) is 11.5 Å². The Morgan fingerprint density at radius 2 is 1.83 bits per heavy atom. The van der Waals surface area contributed by atoms with E-state index in [9.17, 15) is 23.1 Å². The smallest absolute Gasteiger partial charge is 0.416 e. The van der Waals surface area contributed by atoms with Gasteiger partial charge in [-0.15, -0.1) is 0 Å². The van der Waals surface area contributed by atoms with Crippen LogP contribution in [0, 0.1) is 17.8 Å². The zero-order chi connectivity index (χ0) is 22.1. The second-order valence-electron chi connectivity index (χ2n) is 8.83. The van der Waals surface area contributed by atoms with Crippen LogP contribution in [0.15, 0.2) is 48.1 Å². The highest BCUT2D eigenvalue weighted by molar-refractivity contribution is 5.70. The first-order valence-electron chi connectivity index (χ1n) is 10.6. The average molecular weight is 422 g/mol. The van der Waals surface area contributed by atoms with E-state index < -0.39 is 23.6 Å². The van der Waals surface area contributed by atoms with E-state index in [0.29, 0.717) is 25.3 Å². The number of aliphatic carboxylic acids is 1. The topological polar surface area (TPSA) is 40.5 Å². The lowest BCUT2D eigenvalue weighted by Crippen LogP contribution is -2.48. The highest BCUT2D eigenvalue weighted by Crippen LogP contribution is 2.40. The third kappa shape index (κ3) is 4.90. The molecule has 0 radical (unpaired) electrons. The first-order chi connectivity index (χ1) is 14.1. The molecule has 3 nitrogen and oxygen atoms in total. The molecule has 1 aromatic carbocycles. The van der Waals surface area contributed by atoms with Crippen LogP contribution in [0.1, 0.15) is 51.5 Å². The molecule has 3 rings (SSSR count). The van der Waals surface area contributed by atoms with Crippen molar-refractivity contribution >= 4 is 11.7 Å². The summed E-state index contributed by atoms with van der Waals surface area (Å²) in [4.78, 5) is 13.8. The molecule has 1 saturated heterocycles. The van der Waals surface area contributed by atoms with E-state index in [-0.39, 0.29) is 17.9 Å². The van der Waals surface area contributed by atoms with Crippen LogP contribution in [0.5, 0.6) is 0 Å². The molecule has 1 aromatic rings. The molecule has 2 aliphatic rings. The van der Waals surface area contributed by atoms with Crippen molar-refractivity contribution in [2.24, 2.45) is 17.8 Å². The number of hydrogen-bond donors (Lipinski definition) is 1. The maximum atomic E-state index is 13.0. The highest BCUT2D eigenvalue weighted by atomic mass is 19.4. The van der Waals surface area contributed by atoms with Gasteiger partial charge in [0, 0.05) is 24.2 Å². The van der Waals surface area contributed by atoms with E-state index in [2.05, 4.69) is 43.0 Å². The number of alkyl halides is 3. The monoisotopic (exact) mass is 421 g/mol. The molecule has 0 bridgehead atoms. The summed E-state index contributed by atoms with van der Waals surface area (Å²) in [5, 5.41) is 9.46. The number of anilines is 1. The Balaban J connectivity index is 1.85. The molecule has 6 heteroatoms. The number of halogens is 3. The molecule has 1 fully saturated rings. The molecular formula is C24H30F3NO2. The Kier molecular flexibility index (Phi) is 6.63. The predicted octanol–water partition coefficient (Wildman–Crippen LogP) is 6.18. The minimum absolute atomic E-state index is 0.0140. The third-order valence-electron chi connectivity index (χ3n) is 6.63. The van der Waals surface area contributed by atoms with Crippen LogP contribution in [-0.4, -0.2) is 29.8 Å². The van der Waals surface area contributed by atoms with Gasteiger partial charge in [0.25, 0.3) is 0 Å². The van der Waals surface area contributed by atoms with Gasteiger partial charge in [-0.3, -0.25) is 4.79 Å². The maximum Gasteiger partial charge on any atom is 0.416 e. The molecule has 1 aliphatic heterocycles. The molecule has 0 aromatic heterocycles. The molecule has 2 unspecified atom stereocenters. The van der Waals surface area contributed by atoms with Gasteiger partial charge in [-0.1, -0.05) is 51.1 Å². The SMILES string of the molecule is CC(C)c1ccc(N2CC[C@H](C(C)C(=O)O)CC2[C@@H]2C=CC(C(F)(F)F)=CC2)cc1. The number of piperidine rings is 1. The molecule has 1 heterocycles. The Hall–Kier alpha value is -2.24. The number of allylic oxidation sites excluding steroid dienone is 3. The zero-order valence-corrected chi connectivity index (χ0v) is 17.7. The number of rotatable bonds is 5. The Bertz CT molecular complexity index is 811. The quantitative estimate of drug-likeness (QED) is 0.617. The summed E-state index contributed by atoms with van der Waals surface area (Å²) in [6, 6.07) is 8.32. The van der Waals surface area contributed by atoms with Gasteiger partial charge in [-0.05, 0) is 48.8 Å². The van der Waals surface area contributed by atoms with Gasteiger partial charge in [-0.25, -0.2) is 0 Å². The Labute approximate surface area is 176 Å². The summed E-state index contributed by atoms with van der Waals surface area (Å²) in [5.41, 5.74) is 1.68. The van der Waals surface area contributed by atoms with Gasteiger partial charge in [0.15, 0.2) is 0 Å². The summed E-state index contributed by atoms with van der Waals surface area (Å²) in [5.74, 6) is -0.923. The summed E-state index contributed by atoms with van der Waals surface area (Å²) >= 11 is 0. The van der Waals surface area contributed by atoms with Crippen LogP contribution in [0.2, 0.25) is 0 Å². The fraction of sp³-hybridized carbons (Fsp3) is 0.542. The van der Waals surface area contributed by atoms with Gasteiger partial charge >= 0.3 is 12.1 Å². The van der Waals surface area contributed by atoms with E-state index in [4.69, 9.17) is 0 Å². The fourth-order valence-corrected chi connectivity index (χ4v) is 4.59. The van der Waals surface area contributed by atoms with E-state index in [0.717, 1.165) is 12.1 Å². The summed E-state index contributed by atoms with van der Waals surface area (Å²) in [7, 11) is 0. The van der Waals surface area contributed by atoms with Crippen molar-refractivity contribution in [3.63, 3.8) is 0 Å². The van der Waals surface area contributed by atoms with Crippen molar-refractivity contribution in [2.45, 2.75) is 58.2 Å². The number of carbonyl (C=O) groups is 1. The largest absolute Gasteiger partial charge is 0.481 e. The lowest BCUT2D eigenvalue weighted by atomic mass is 9.76. The average Bonchev–Trinajstić information content (AvgIpc) is 2.72. The Morgan fingerprint density at radius 3 is 2.33 bits per heavy atom. The van der Waals surface area contributed by atoms with E-state index in [1.54, 1.807) is 13.0 Å². The Morgan fingerprint density at radius 1 is 1.17 bits per heavy atom. The summed E-state index contributed by atoms with van der Waals surface area (Å²) in [6.45, 7) is 6.70. The predicted molar refractivity (Wildman–Crippen MR) is 113 cm³/mol. The van der Waals surface area contributed by atoms with Crippen molar-refractivity contribution in [2.75, 3.05) is 11.4 Å². The van der Waals surface area contributed by atoms with Crippen LogP contribution in [0.25, 0.3) is 0 Å². The van der Waals surface area contributed by atoms with Crippen molar-refractivity contribution in [1.82, 2.24) is 0 Å². The number of hydrogen-bond acceptors (Lipinski definition) is 2. The number of carboxylic acid groups (broad SMARTS) is 1. The minimum atomic E-state index is -4.33. The van der Waals surface area contributed by atoms with Gasteiger partial charge in [-0.2, -0.15) is 13.2 Å². The maximum absolute atomic E-state index is 13.0. The van der Waals surface area contributed by atoms with Gasteiger partial charge < -0.3 is 10.0 Å². The number of carboxylic acids is 1. The first kappa shape index (κ1) is 22.4. The molecule has 0 spiro atoms. The molecule has 1 aliphatic carbocycles. The molecular weight excluding hydrogens is 391 g/mol. The third-order valence-corrected chi connectivity index (χ3v) is 6.63. The zero-order valence-electron chi connectivity index (χ0n) is 17.7. The van der Waals surface area contributed by atoms with Crippen molar-refractivity contribution in [3.05, 3.63) is 53.6 Å². The second kappa shape index (κ2) is 8.86. The van der Waals surface area contributed by atoms with Crippen molar-refractivity contribution < 1.29 is 23.1 Å². The first-order valence-corrected chi connectivity index (χ1v) is 10.6. The van der Waals surface area contributed by atoms with E-state index in [1.807, 2.05) is 0 Å². The molecule has 164 valence electrons.